The van der Waals surface area contributed by atoms with Gasteiger partial charge in [0.25, 0.3) is 5.95 Å². The number of ether oxygens (including phenoxy) is 2. The number of unbranched alkanes of at least 4 members (excludes halogenated alkanes) is 1. The van der Waals surface area contributed by atoms with Crippen molar-refractivity contribution in [3.63, 3.8) is 0 Å². The van der Waals surface area contributed by atoms with Gasteiger partial charge in [0, 0.05) is 13.1 Å². The maximum atomic E-state index is 5.35. The van der Waals surface area contributed by atoms with Crippen LogP contribution in [0.1, 0.15) is 26.7 Å². The topological polar surface area (TPSA) is 34.1 Å². The molecule has 0 aliphatic carbocycles. The molecule has 0 saturated heterocycles. The number of nitrogens with zero attached hydrogens (tertiary/aromatic N) is 2. The van der Waals surface area contributed by atoms with Crippen molar-refractivity contribution in [2.75, 3.05) is 32.8 Å². The molecule has 1 aliphatic heterocycles. The highest BCUT2D eigenvalue weighted by atomic mass is 16.7. The van der Waals surface area contributed by atoms with Crippen LogP contribution in [0.5, 0.6) is 0 Å². The van der Waals surface area contributed by atoms with E-state index in [1.54, 1.807) is 0 Å². The van der Waals surface area contributed by atoms with Gasteiger partial charge in [0.05, 0.1) is 26.1 Å². The maximum absolute atomic E-state index is 5.35. The summed E-state index contributed by atoms with van der Waals surface area (Å²) in [5, 5.41) is 0. The molecule has 0 fully saturated rings. The number of hydrogen-bond donors (Lipinski definition) is 0. The van der Waals surface area contributed by atoms with Crippen LogP contribution < -0.4 is 0 Å². The Morgan fingerprint density at radius 1 is 1.38 bits per heavy atom. The van der Waals surface area contributed by atoms with Gasteiger partial charge in [-0.25, -0.2) is 0 Å². The van der Waals surface area contributed by atoms with Crippen molar-refractivity contribution in [1.82, 2.24) is 4.90 Å². The Balaban J connectivity index is 2.14. The van der Waals surface area contributed by atoms with E-state index in [0.717, 1.165) is 32.5 Å². The van der Waals surface area contributed by atoms with E-state index in [9.17, 15) is 0 Å². The summed E-state index contributed by atoms with van der Waals surface area (Å²) < 4.78 is 10.7. The highest BCUT2D eigenvalue weighted by molar-refractivity contribution is 5.56. The van der Waals surface area contributed by atoms with Gasteiger partial charge in [0.2, 0.25) is 0 Å². The molecule has 92 valence electrons. The minimum absolute atomic E-state index is 0.657. The lowest BCUT2D eigenvalue weighted by atomic mass is 10.3. The SMILES string of the molecule is CCOC(=CCCCN1C=NCC1)OCC. The summed E-state index contributed by atoms with van der Waals surface area (Å²) in [5.41, 5.74) is 0. The largest absolute Gasteiger partial charge is 0.466 e. The van der Waals surface area contributed by atoms with E-state index < -0.39 is 0 Å². The van der Waals surface area contributed by atoms with Crippen LogP contribution in [0.15, 0.2) is 17.0 Å². The molecule has 1 aliphatic rings. The van der Waals surface area contributed by atoms with Gasteiger partial charge >= 0.3 is 0 Å². The van der Waals surface area contributed by atoms with Gasteiger partial charge in [0.15, 0.2) is 0 Å². The van der Waals surface area contributed by atoms with Crippen molar-refractivity contribution < 1.29 is 9.47 Å². The molecule has 1 heterocycles. The molecule has 0 aromatic heterocycles. The van der Waals surface area contributed by atoms with Crippen molar-refractivity contribution in [3.8, 4) is 0 Å². The lowest BCUT2D eigenvalue weighted by Crippen LogP contribution is -2.20. The van der Waals surface area contributed by atoms with Gasteiger partial charge < -0.3 is 14.4 Å². The van der Waals surface area contributed by atoms with Crippen molar-refractivity contribution in [2.45, 2.75) is 26.7 Å². The van der Waals surface area contributed by atoms with E-state index in [0.29, 0.717) is 19.2 Å². The van der Waals surface area contributed by atoms with Gasteiger partial charge in [-0.2, -0.15) is 0 Å². The van der Waals surface area contributed by atoms with Crippen molar-refractivity contribution >= 4 is 6.34 Å². The van der Waals surface area contributed by atoms with Gasteiger partial charge in [-0.05, 0) is 32.8 Å². The highest BCUT2D eigenvalue weighted by Crippen LogP contribution is 2.05. The second-order valence-electron chi connectivity index (χ2n) is 3.59. The van der Waals surface area contributed by atoms with E-state index in [1.165, 1.54) is 0 Å². The molecule has 0 aromatic carbocycles. The molecule has 0 atom stereocenters. The number of rotatable bonds is 8. The summed E-state index contributed by atoms with van der Waals surface area (Å²) in [7, 11) is 0. The normalized spacial score (nSPS) is 14.0. The second kappa shape index (κ2) is 8.02. The summed E-state index contributed by atoms with van der Waals surface area (Å²) in [6.07, 6.45) is 6.06. The fourth-order valence-corrected chi connectivity index (χ4v) is 1.54. The lowest BCUT2D eigenvalue weighted by molar-refractivity contribution is 0.0454. The number of hydrogen-bond acceptors (Lipinski definition) is 4. The third kappa shape index (κ3) is 5.05. The second-order valence-corrected chi connectivity index (χ2v) is 3.59. The van der Waals surface area contributed by atoms with Gasteiger partial charge in [-0.1, -0.05) is 0 Å². The monoisotopic (exact) mass is 226 g/mol. The van der Waals surface area contributed by atoms with Crippen LogP contribution in [0.2, 0.25) is 0 Å². The van der Waals surface area contributed by atoms with Gasteiger partial charge in [-0.15, -0.1) is 0 Å². The first-order valence-corrected chi connectivity index (χ1v) is 6.06. The van der Waals surface area contributed by atoms with E-state index >= 15 is 0 Å². The predicted molar refractivity (Wildman–Crippen MR) is 65.5 cm³/mol. The lowest BCUT2D eigenvalue weighted by Gasteiger charge is -2.12. The van der Waals surface area contributed by atoms with Crippen molar-refractivity contribution in [1.29, 1.82) is 0 Å². The predicted octanol–water partition coefficient (Wildman–Crippen LogP) is 2.02. The average molecular weight is 226 g/mol. The van der Waals surface area contributed by atoms with Gasteiger partial charge in [0.1, 0.15) is 0 Å². The molecule has 0 radical (unpaired) electrons. The Hall–Kier alpha value is -1.19. The first kappa shape index (κ1) is 12.9. The molecular weight excluding hydrogens is 204 g/mol. The molecular formula is C12H22N2O2. The first-order valence-electron chi connectivity index (χ1n) is 6.06. The zero-order chi connectivity index (χ0) is 11.6. The maximum Gasteiger partial charge on any atom is 0.274 e. The molecule has 0 saturated carbocycles. The Bertz CT molecular complexity index is 231. The van der Waals surface area contributed by atoms with Gasteiger partial charge in [-0.3, -0.25) is 4.99 Å². The summed E-state index contributed by atoms with van der Waals surface area (Å²) in [6, 6.07) is 0. The number of aliphatic imine (C=N–C) groups is 1. The Labute approximate surface area is 97.9 Å². The molecule has 0 bridgehead atoms. The van der Waals surface area contributed by atoms with E-state index in [2.05, 4.69) is 9.89 Å². The summed E-state index contributed by atoms with van der Waals surface area (Å²) in [5.74, 6) is 0.667. The zero-order valence-electron chi connectivity index (χ0n) is 10.3. The molecule has 0 unspecified atom stereocenters. The van der Waals surface area contributed by atoms with Crippen LogP contribution in [0, 0.1) is 0 Å². The van der Waals surface area contributed by atoms with Crippen LogP contribution in [0.4, 0.5) is 0 Å². The Morgan fingerprint density at radius 2 is 2.12 bits per heavy atom. The minimum atomic E-state index is 0.657. The fourth-order valence-electron chi connectivity index (χ4n) is 1.54. The summed E-state index contributed by atoms with van der Waals surface area (Å²) in [4.78, 5) is 6.42. The Morgan fingerprint density at radius 3 is 2.69 bits per heavy atom. The number of allylic oxidation sites excluding steroid dienone is 1. The van der Waals surface area contributed by atoms with Crippen molar-refractivity contribution in [2.24, 2.45) is 4.99 Å². The molecule has 0 amide bonds. The molecule has 16 heavy (non-hydrogen) atoms. The molecule has 4 heteroatoms. The molecule has 0 spiro atoms. The summed E-state index contributed by atoms with van der Waals surface area (Å²) >= 11 is 0. The van der Waals surface area contributed by atoms with E-state index in [-0.39, 0.29) is 0 Å². The van der Waals surface area contributed by atoms with E-state index in [4.69, 9.17) is 9.47 Å². The fraction of sp³-hybridized carbons (Fsp3) is 0.750. The average Bonchev–Trinajstić information content (AvgIpc) is 2.78. The standard InChI is InChI=1S/C12H22N2O2/c1-3-15-12(16-4-2)7-5-6-9-14-10-8-13-11-14/h7,11H,3-6,8-10H2,1-2H3. The molecule has 0 N–H and O–H groups in total. The van der Waals surface area contributed by atoms with Crippen LogP contribution in [-0.4, -0.2) is 44.1 Å². The summed E-state index contributed by atoms with van der Waals surface area (Å²) in [6.45, 7) is 8.31. The van der Waals surface area contributed by atoms with Crippen LogP contribution in [-0.2, 0) is 9.47 Å². The smallest absolute Gasteiger partial charge is 0.274 e. The zero-order valence-corrected chi connectivity index (χ0v) is 10.3. The van der Waals surface area contributed by atoms with Crippen molar-refractivity contribution in [3.05, 3.63) is 12.0 Å². The molecule has 0 aromatic rings. The Kier molecular flexibility index (Phi) is 6.45. The third-order valence-corrected chi connectivity index (χ3v) is 2.29. The van der Waals surface area contributed by atoms with Crippen LogP contribution >= 0.6 is 0 Å². The third-order valence-electron chi connectivity index (χ3n) is 2.29. The highest BCUT2D eigenvalue weighted by Gasteiger charge is 2.03. The molecule has 1 rings (SSSR count). The van der Waals surface area contributed by atoms with Crippen LogP contribution in [0.25, 0.3) is 0 Å². The quantitative estimate of drug-likeness (QED) is 0.469. The minimum Gasteiger partial charge on any atom is -0.466 e. The first-order chi connectivity index (χ1) is 7.86. The van der Waals surface area contributed by atoms with Crippen LogP contribution in [0.3, 0.4) is 0 Å². The van der Waals surface area contributed by atoms with E-state index in [1.807, 2.05) is 26.3 Å². The molecule has 4 nitrogen and oxygen atoms in total.